The van der Waals surface area contributed by atoms with Gasteiger partial charge in [-0.25, -0.2) is 9.98 Å². The van der Waals surface area contributed by atoms with Crippen LogP contribution < -0.4 is 11.1 Å². The lowest BCUT2D eigenvalue weighted by atomic mass is 10.2. The molecule has 0 aromatic carbocycles. The fraction of sp³-hybridized carbons (Fsp3) is 0.500. The highest BCUT2D eigenvalue weighted by Crippen LogP contribution is 2.15. The van der Waals surface area contributed by atoms with Crippen LogP contribution in [0.2, 0.25) is 0 Å². The molecule has 0 bridgehead atoms. The largest absolute Gasteiger partial charge is 0.370 e. The molecule has 0 radical (unpaired) electrons. The summed E-state index contributed by atoms with van der Waals surface area (Å²) in [5.41, 5.74) is 7.82. The summed E-state index contributed by atoms with van der Waals surface area (Å²) < 4.78 is 1.99. The first kappa shape index (κ1) is 18.0. The van der Waals surface area contributed by atoms with Gasteiger partial charge in [0.15, 0.2) is 5.96 Å². The second-order valence-electron chi connectivity index (χ2n) is 5.71. The van der Waals surface area contributed by atoms with Gasteiger partial charge in [0.2, 0.25) is 0 Å². The zero-order chi connectivity index (χ0) is 15.4. The van der Waals surface area contributed by atoms with E-state index in [0.717, 1.165) is 24.4 Å². The van der Waals surface area contributed by atoms with E-state index in [0.29, 0.717) is 18.5 Å². The van der Waals surface area contributed by atoms with E-state index in [-0.39, 0.29) is 24.0 Å². The van der Waals surface area contributed by atoms with Crippen LogP contribution in [-0.4, -0.2) is 45.9 Å². The number of rotatable bonds is 5. The first-order chi connectivity index (χ1) is 10.8. The molecule has 1 unspecified atom stereocenters. The number of fused-ring (bicyclic) bond motifs is 1. The summed E-state index contributed by atoms with van der Waals surface area (Å²) in [6, 6.07) is 6.52. The SMILES string of the molecule is CCN1CCCC1CNC(N)=NCc1cn2ccccc2n1.I. The first-order valence-electron chi connectivity index (χ1n) is 7.96. The number of likely N-dealkylation sites (N-methyl/N-ethyl adjacent to an activating group) is 1. The summed E-state index contributed by atoms with van der Waals surface area (Å²) in [5, 5.41) is 3.24. The van der Waals surface area contributed by atoms with Crippen LogP contribution in [0.25, 0.3) is 5.65 Å². The molecule has 1 fully saturated rings. The van der Waals surface area contributed by atoms with Crippen LogP contribution in [0.1, 0.15) is 25.5 Å². The molecule has 0 amide bonds. The number of nitrogens with two attached hydrogens (primary N) is 1. The van der Waals surface area contributed by atoms with E-state index in [1.807, 2.05) is 35.0 Å². The Morgan fingerprint density at radius 1 is 1.48 bits per heavy atom. The van der Waals surface area contributed by atoms with E-state index in [2.05, 4.69) is 27.1 Å². The van der Waals surface area contributed by atoms with Gasteiger partial charge in [-0.1, -0.05) is 13.0 Å². The van der Waals surface area contributed by atoms with Crippen LogP contribution in [0.3, 0.4) is 0 Å². The average molecular weight is 428 g/mol. The minimum absolute atomic E-state index is 0. The highest BCUT2D eigenvalue weighted by Gasteiger charge is 2.22. The lowest BCUT2D eigenvalue weighted by Gasteiger charge is -2.23. The number of guanidine groups is 1. The van der Waals surface area contributed by atoms with Gasteiger partial charge in [0.05, 0.1) is 12.2 Å². The van der Waals surface area contributed by atoms with Crippen LogP contribution in [0.4, 0.5) is 0 Å². The number of hydrogen-bond acceptors (Lipinski definition) is 3. The standard InChI is InChI=1S/C16H24N6.HI/c1-2-21-9-5-6-14(21)11-19-16(17)18-10-13-12-22-8-4-3-7-15(22)20-13;/h3-4,7-8,12,14H,2,5-6,9-11H2,1H3,(H3,17,18,19);1H. The molecule has 1 saturated heterocycles. The molecular formula is C16H25IN6. The van der Waals surface area contributed by atoms with Crippen LogP contribution >= 0.6 is 24.0 Å². The monoisotopic (exact) mass is 428 g/mol. The summed E-state index contributed by atoms with van der Waals surface area (Å²) >= 11 is 0. The molecule has 2 aromatic heterocycles. The molecule has 126 valence electrons. The smallest absolute Gasteiger partial charge is 0.189 e. The van der Waals surface area contributed by atoms with E-state index in [1.165, 1.54) is 19.4 Å². The van der Waals surface area contributed by atoms with Crippen molar-refractivity contribution in [1.29, 1.82) is 0 Å². The molecule has 3 N–H and O–H groups in total. The number of imidazole rings is 1. The summed E-state index contributed by atoms with van der Waals surface area (Å²) in [7, 11) is 0. The lowest BCUT2D eigenvalue weighted by molar-refractivity contribution is 0.267. The maximum atomic E-state index is 5.97. The molecule has 7 heteroatoms. The molecule has 3 rings (SSSR count). The Balaban J connectivity index is 0.00000192. The number of pyridine rings is 1. The van der Waals surface area contributed by atoms with Crippen LogP contribution in [0.15, 0.2) is 35.6 Å². The molecule has 1 aliphatic rings. The van der Waals surface area contributed by atoms with Crippen LogP contribution in [0, 0.1) is 0 Å². The van der Waals surface area contributed by atoms with Gasteiger partial charge in [-0.05, 0) is 38.1 Å². The second-order valence-corrected chi connectivity index (χ2v) is 5.71. The number of halogens is 1. The first-order valence-corrected chi connectivity index (χ1v) is 7.96. The van der Waals surface area contributed by atoms with Gasteiger partial charge in [-0.2, -0.15) is 0 Å². The predicted octanol–water partition coefficient (Wildman–Crippen LogP) is 1.84. The molecule has 1 atom stereocenters. The van der Waals surface area contributed by atoms with Crippen LogP contribution in [-0.2, 0) is 6.54 Å². The van der Waals surface area contributed by atoms with Crippen molar-refractivity contribution in [3.8, 4) is 0 Å². The molecular weight excluding hydrogens is 403 g/mol. The number of likely N-dealkylation sites (tertiary alicyclic amines) is 1. The van der Waals surface area contributed by atoms with E-state index in [9.17, 15) is 0 Å². The van der Waals surface area contributed by atoms with Gasteiger partial charge in [0.1, 0.15) is 5.65 Å². The Labute approximate surface area is 154 Å². The van der Waals surface area contributed by atoms with E-state index in [1.54, 1.807) is 0 Å². The lowest BCUT2D eigenvalue weighted by Crippen LogP contribution is -2.42. The number of aliphatic imine (C=N–C) groups is 1. The Morgan fingerprint density at radius 3 is 3.13 bits per heavy atom. The molecule has 23 heavy (non-hydrogen) atoms. The molecule has 6 nitrogen and oxygen atoms in total. The van der Waals surface area contributed by atoms with Crippen molar-refractivity contribution in [3.05, 3.63) is 36.3 Å². The van der Waals surface area contributed by atoms with Crippen molar-refractivity contribution < 1.29 is 0 Å². The van der Waals surface area contributed by atoms with Gasteiger partial charge < -0.3 is 15.5 Å². The van der Waals surface area contributed by atoms with Gasteiger partial charge in [-0.3, -0.25) is 4.90 Å². The fourth-order valence-corrected chi connectivity index (χ4v) is 3.05. The number of nitrogens with one attached hydrogen (secondary N) is 1. The Morgan fingerprint density at radius 2 is 2.35 bits per heavy atom. The van der Waals surface area contributed by atoms with Gasteiger partial charge >= 0.3 is 0 Å². The quantitative estimate of drug-likeness (QED) is 0.433. The third-order valence-corrected chi connectivity index (χ3v) is 4.25. The summed E-state index contributed by atoms with van der Waals surface area (Å²) in [6.45, 7) is 5.88. The predicted molar refractivity (Wildman–Crippen MR) is 104 cm³/mol. The van der Waals surface area contributed by atoms with Crippen molar-refractivity contribution in [1.82, 2.24) is 19.6 Å². The zero-order valence-electron chi connectivity index (χ0n) is 13.5. The topological polar surface area (TPSA) is 71.0 Å². The van der Waals surface area contributed by atoms with Gasteiger partial charge in [-0.15, -0.1) is 24.0 Å². The van der Waals surface area contributed by atoms with Crippen molar-refractivity contribution in [2.45, 2.75) is 32.4 Å². The fourth-order valence-electron chi connectivity index (χ4n) is 3.05. The molecule has 0 aliphatic carbocycles. The van der Waals surface area contributed by atoms with E-state index >= 15 is 0 Å². The van der Waals surface area contributed by atoms with Crippen molar-refractivity contribution in [2.75, 3.05) is 19.6 Å². The van der Waals surface area contributed by atoms with Crippen molar-refractivity contribution >= 4 is 35.6 Å². The Hall–Kier alpha value is -1.35. The number of nitrogens with zero attached hydrogens (tertiary/aromatic N) is 4. The number of hydrogen-bond donors (Lipinski definition) is 2. The molecule has 0 saturated carbocycles. The minimum atomic E-state index is 0. The van der Waals surface area contributed by atoms with E-state index < -0.39 is 0 Å². The zero-order valence-corrected chi connectivity index (χ0v) is 15.8. The highest BCUT2D eigenvalue weighted by atomic mass is 127. The highest BCUT2D eigenvalue weighted by molar-refractivity contribution is 14.0. The maximum Gasteiger partial charge on any atom is 0.189 e. The minimum Gasteiger partial charge on any atom is -0.370 e. The normalized spacial score (nSPS) is 19.0. The molecule has 0 spiro atoms. The maximum absolute atomic E-state index is 5.97. The third-order valence-electron chi connectivity index (χ3n) is 4.25. The summed E-state index contributed by atoms with van der Waals surface area (Å²) in [4.78, 5) is 11.4. The van der Waals surface area contributed by atoms with E-state index in [4.69, 9.17) is 5.73 Å². The van der Waals surface area contributed by atoms with Crippen molar-refractivity contribution in [2.24, 2.45) is 10.7 Å². The molecule has 2 aromatic rings. The Bertz CT molecular complexity index is 620. The van der Waals surface area contributed by atoms with Crippen LogP contribution in [0.5, 0.6) is 0 Å². The van der Waals surface area contributed by atoms with Gasteiger partial charge in [0, 0.05) is 25.0 Å². The average Bonchev–Trinajstić information content (AvgIpc) is 3.16. The third kappa shape index (κ3) is 4.57. The Kier molecular flexibility index (Phi) is 6.64. The number of aromatic nitrogens is 2. The molecule has 3 heterocycles. The summed E-state index contributed by atoms with van der Waals surface area (Å²) in [5.74, 6) is 0.500. The second kappa shape index (κ2) is 8.49. The summed E-state index contributed by atoms with van der Waals surface area (Å²) in [6.07, 6.45) is 6.48. The van der Waals surface area contributed by atoms with Gasteiger partial charge in [0.25, 0.3) is 0 Å². The van der Waals surface area contributed by atoms with Crippen molar-refractivity contribution in [3.63, 3.8) is 0 Å². The molecule has 1 aliphatic heterocycles.